The van der Waals surface area contributed by atoms with Gasteiger partial charge in [0, 0.05) is 19.2 Å². The van der Waals surface area contributed by atoms with Crippen LogP contribution >= 0.6 is 11.6 Å². The van der Waals surface area contributed by atoms with Gasteiger partial charge in [0.25, 0.3) is 6.20 Å². The molecule has 92 valence electrons. The second-order valence-electron chi connectivity index (χ2n) is 3.74. The minimum Gasteiger partial charge on any atom is -0.365 e. The molecule has 1 aliphatic heterocycles. The molecule has 8 heteroatoms. The van der Waals surface area contributed by atoms with Crippen molar-refractivity contribution in [3.63, 3.8) is 0 Å². The molecule has 2 N–H and O–H groups in total. The molecule has 2 heterocycles. The molecule has 0 spiro atoms. The number of aromatic nitrogens is 2. The molecule has 0 aliphatic carbocycles. The van der Waals surface area contributed by atoms with Crippen LogP contribution in [0.1, 0.15) is 18.7 Å². The van der Waals surface area contributed by atoms with Crippen LogP contribution < -0.4 is 5.32 Å². The molecular weight excluding hydrogens is 246 g/mol. The summed E-state index contributed by atoms with van der Waals surface area (Å²) in [4.78, 5) is 11.9. The summed E-state index contributed by atoms with van der Waals surface area (Å²) >= 11 is 5.76. The Hall–Kier alpha value is -1.76. The van der Waals surface area contributed by atoms with Crippen molar-refractivity contribution in [3.05, 3.63) is 39.0 Å². The van der Waals surface area contributed by atoms with Gasteiger partial charge in [-0.3, -0.25) is 15.2 Å². The maximum atomic E-state index is 10.5. The third kappa shape index (κ3) is 2.50. The van der Waals surface area contributed by atoms with Gasteiger partial charge < -0.3 is 10.2 Å². The number of nitrogens with zero attached hydrogens (tertiary/aromatic N) is 3. The summed E-state index contributed by atoms with van der Waals surface area (Å²) in [6, 6.07) is 1.65. The Bertz CT molecular complexity index is 458. The van der Waals surface area contributed by atoms with Gasteiger partial charge in [-0.05, 0) is 6.92 Å². The zero-order valence-electron chi connectivity index (χ0n) is 9.18. The number of aromatic amines is 1. The Morgan fingerprint density at radius 1 is 1.76 bits per heavy atom. The smallest absolute Gasteiger partial charge is 0.274 e. The van der Waals surface area contributed by atoms with Crippen molar-refractivity contribution in [2.75, 3.05) is 13.1 Å². The standard InChI is InChI=1S/C9H12ClN5O2/c1-6(7-4-8(10)13-12-7)14-3-2-11-9(14)5-15(16)17/h4-6,11H,2-3H2,1H3,(H,12,13). The minimum absolute atomic E-state index is 0.0695. The molecular formula is C9H12ClN5O2. The molecule has 0 amide bonds. The first kappa shape index (κ1) is 11.7. The minimum atomic E-state index is -0.467. The number of nitrogens with one attached hydrogen (secondary N) is 2. The number of rotatable bonds is 3. The summed E-state index contributed by atoms with van der Waals surface area (Å²) in [6.07, 6.45) is 0.970. The molecule has 1 saturated heterocycles. The van der Waals surface area contributed by atoms with Gasteiger partial charge in [-0.15, -0.1) is 0 Å². The fourth-order valence-electron chi connectivity index (χ4n) is 1.83. The van der Waals surface area contributed by atoms with E-state index in [0.717, 1.165) is 11.9 Å². The Balaban J connectivity index is 2.19. The van der Waals surface area contributed by atoms with E-state index in [9.17, 15) is 10.1 Å². The lowest BCUT2D eigenvalue weighted by Crippen LogP contribution is -2.25. The number of halogens is 1. The first-order valence-corrected chi connectivity index (χ1v) is 5.52. The van der Waals surface area contributed by atoms with Gasteiger partial charge in [0.15, 0.2) is 5.82 Å². The summed E-state index contributed by atoms with van der Waals surface area (Å²) in [5.41, 5.74) is 0.757. The van der Waals surface area contributed by atoms with Crippen molar-refractivity contribution < 1.29 is 4.92 Å². The van der Waals surface area contributed by atoms with Crippen LogP contribution in [0.5, 0.6) is 0 Å². The zero-order chi connectivity index (χ0) is 12.4. The van der Waals surface area contributed by atoms with Crippen LogP contribution in [0.15, 0.2) is 18.1 Å². The Kier molecular flexibility index (Phi) is 3.19. The number of nitro groups is 1. The lowest BCUT2D eigenvalue weighted by atomic mass is 10.2. The van der Waals surface area contributed by atoms with Crippen molar-refractivity contribution in [2.45, 2.75) is 13.0 Å². The van der Waals surface area contributed by atoms with E-state index in [1.54, 1.807) is 6.07 Å². The highest BCUT2D eigenvalue weighted by Crippen LogP contribution is 2.25. The first-order chi connectivity index (χ1) is 8.08. The fraction of sp³-hybridized carbons (Fsp3) is 0.444. The summed E-state index contributed by atoms with van der Waals surface area (Å²) in [7, 11) is 0. The largest absolute Gasteiger partial charge is 0.365 e. The van der Waals surface area contributed by atoms with Gasteiger partial charge in [0.05, 0.1) is 16.7 Å². The molecule has 0 aromatic carbocycles. The van der Waals surface area contributed by atoms with Crippen molar-refractivity contribution in [2.24, 2.45) is 0 Å². The molecule has 17 heavy (non-hydrogen) atoms. The highest BCUT2D eigenvalue weighted by Gasteiger charge is 2.26. The summed E-state index contributed by atoms with van der Waals surface area (Å²) in [6.45, 7) is 3.31. The van der Waals surface area contributed by atoms with Gasteiger partial charge in [-0.2, -0.15) is 5.10 Å². The zero-order valence-corrected chi connectivity index (χ0v) is 9.94. The van der Waals surface area contributed by atoms with E-state index in [2.05, 4.69) is 15.5 Å². The van der Waals surface area contributed by atoms with Crippen molar-refractivity contribution >= 4 is 11.6 Å². The molecule has 1 fully saturated rings. The van der Waals surface area contributed by atoms with E-state index in [4.69, 9.17) is 11.6 Å². The third-order valence-corrected chi connectivity index (χ3v) is 2.85. The van der Waals surface area contributed by atoms with Crippen LogP contribution in [-0.4, -0.2) is 33.1 Å². The predicted molar refractivity (Wildman–Crippen MR) is 61.8 cm³/mol. The van der Waals surface area contributed by atoms with Crippen LogP contribution in [0, 0.1) is 10.1 Å². The summed E-state index contributed by atoms with van der Waals surface area (Å²) in [5, 5.41) is 20.6. The van der Waals surface area contributed by atoms with Crippen LogP contribution in [0.4, 0.5) is 0 Å². The number of hydrogen-bond acceptors (Lipinski definition) is 5. The fourth-order valence-corrected chi connectivity index (χ4v) is 1.99. The average Bonchev–Trinajstić information content (AvgIpc) is 2.85. The molecule has 7 nitrogen and oxygen atoms in total. The molecule has 2 rings (SSSR count). The number of hydrogen-bond donors (Lipinski definition) is 2. The quantitative estimate of drug-likeness (QED) is 0.626. The first-order valence-electron chi connectivity index (χ1n) is 5.14. The average molecular weight is 258 g/mol. The van der Waals surface area contributed by atoms with Crippen LogP contribution in [-0.2, 0) is 0 Å². The maximum Gasteiger partial charge on any atom is 0.274 e. The molecule has 1 aliphatic rings. The Labute approximate surface area is 103 Å². The van der Waals surface area contributed by atoms with Crippen LogP contribution in [0.3, 0.4) is 0 Å². The van der Waals surface area contributed by atoms with E-state index in [1.165, 1.54) is 0 Å². The molecule has 1 atom stereocenters. The maximum absolute atomic E-state index is 10.5. The lowest BCUT2D eigenvalue weighted by Gasteiger charge is -2.23. The van der Waals surface area contributed by atoms with Gasteiger partial charge in [0.2, 0.25) is 0 Å². The van der Waals surface area contributed by atoms with Crippen molar-refractivity contribution in [1.82, 2.24) is 20.4 Å². The van der Waals surface area contributed by atoms with Gasteiger partial charge in [-0.1, -0.05) is 11.6 Å². The van der Waals surface area contributed by atoms with E-state index in [0.29, 0.717) is 24.1 Å². The molecule has 1 aromatic rings. The molecule has 0 bridgehead atoms. The lowest BCUT2D eigenvalue weighted by molar-refractivity contribution is -0.404. The summed E-state index contributed by atoms with van der Waals surface area (Å²) in [5.74, 6) is 0.502. The molecule has 0 radical (unpaired) electrons. The SMILES string of the molecule is CC(c1cc(Cl)[nH]n1)N1CCNC1=C[N+](=O)[O-]. The third-order valence-electron chi connectivity index (χ3n) is 2.66. The van der Waals surface area contributed by atoms with Crippen molar-refractivity contribution in [1.29, 1.82) is 0 Å². The van der Waals surface area contributed by atoms with E-state index >= 15 is 0 Å². The Morgan fingerprint density at radius 2 is 2.53 bits per heavy atom. The van der Waals surface area contributed by atoms with Gasteiger partial charge in [-0.25, -0.2) is 0 Å². The molecule has 1 unspecified atom stereocenters. The highest BCUT2D eigenvalue weighted by atomic mass is 35.5. The predicted octanol–water partition coefficient (Wildman–Crippen LogP) is 1.10. The highest BCUT2D eigenvalue weighted by molar-refractivity contribution is 6.29. The summed E-state index contributed by atoms with van der Waals surface area (Å²) < 4.78 is 0. The second kappa shape index (κ2) is 4.62. The topological polar surface area (TPSA) is 87.1 Å². The van der Waals surface area contributed by atoms with E-state index < -0.39 is 4.92 Å². The van der Waals surface area contributed by atoms with Gasteiger partial charge >= 0.3 is 0 Å². The Morgan fingerprint density at radius 3 is 3.12 bits per heavy atom. The van der Waals surface area contributed by atoms with E-state index in [1.807, 2.05) is 11.8 Å². The van der Waals surface area contributed by atoms with Crippen molar-refractivity contribution in [3.8, 4) is 0 Å². The van der Waals surface area contributed by atoms with Crippen LogP contribution in [0.2, 0.25) is 5.15 Å². The van der Waals surface area contributed by atoms with E-state index in [-0.39, 0.29) is 6.04 Å². The monoisotopic (exact) mass is 257 g/mol. The van der Waals surface area contributed by atoms with Crippen LogP contribution in [0.25, 0.3) is 0 Å². The molecule has 1 aromatic heterocycles. The van der Waals surface area contributed by atoms with Gasteiger partial charge in [0.1, 0.15) is 5.15 Å². The molecule has 0 saturated carbocycles. The second-order valence-corrected chi connectivity index (χ2v) is 4.14. The number of H-pyrrole nitrogens is 1. The normalized spacial score (nSPS) is 19.4.